The number of aromatic nitrogens is 4. The lowest BCUT2D eigenvalue weighted by molar-refractivity contribution is 0.486. The Hall–Kier alpha value is -6.33. The maximum atomic E-state index is 6.73. The van der Waals surface area contributed by atoms with Crippen molar-refractivity contribution in [3.63, 3.8) is 0 Å². The van der Waals surface area contributed by atoms with Gasteiger partial charge in [-0.05, 0) is 81.9 Å². The maximum Gasteiger partial charge on any atom is 0.235 e. The van der Waals surface area contributed by atoms with Gasteiger partial charge in [0.05, 0.1) is 5.52 Å². The number of benzene rings is 5. The third-order valence-corrected chi connectivity index (χ3v) is 8.64. The van der Waals surface area contributed by atoms with Gasteiger partial charge >= 0.3 is 0 Å². The van der Waals surface area contributed by atoms with E-state index >= 15 is 0 Å². The van der Waals surface area contributed by atoms with Crippen molar-refractivity contribution in [2.24, 2.45) is 0 Å². The Bertz CT molecular complexity index is 2460. The van der Waals surface area contributed by atoms with E-state index < -0.39 is 0 Å². The normalized spacial score (nSPS) is 12.7. The SMILES string of the molecule is C1=C\c2ccc(-c3ccc4c(c3)c3cccnc3n4-c3ncccn3)cc2-c2ccccc2Oc2ccccc2-c2ccccc2/1. The number of fused-ring (bicyclic) bond motifs is 9. The molecule has 1 aliphatic heterocycles. The molecule has 4 heterocycles. The van der Waals surface area contributed by atoms with Crippen LogP contribution in [0.5, 0.6) is 11.5 Å². The van der Waals surface area contributed by atoms with Crippen LogP contribution in [0.15, 0.2) is 146 Å². The minimum atomic E-state index is 0.601. The van der Waals surface area contributed by atoms with E-state index in [9.17, 15) is 0 Å². The summed E-state index contributed by atoms with van der Waals surface area (Å²) >= 11 is 0. The number of rotatable bonds is 2. The zero-order valence-corrected chi connectivity index (χ0v) is 24.7. The second-order valence-electron chi connectivity index (χ2n) is 11.3. The van der Waals surface area contributed by atoms with E-state index in [1.165, 1.54) is 0 Å². The fraction of sp³-hybridized carbons (Fsp3) is 0. The molecule has 0 bridgehead atoms. The third-order valence-electron chi connectivity index (χ3n) is 8.64. The van der Waals surface area contributed by atoms with Crippen LogP contribution >= 0.6 is 0 Å². The van der Waals surface area contributed by atoms with Crippen molar-refractivity contribution < 1.29 is 4.74 Å². The maximum absolute atomic E-state index is 6.73. The molecular formula is C41H26N4O. The second kappa shape index (κ2) is 10.7. The molecule has 0 saturated heterocycles. The van der Waals surface area contributed by atoms with E-state index in [-0.39, 0.29) is 0 Å². The van der Waals surface area contributed by atoms with Gasteiger partial charge in [-0.2, -0.15) is 0 Å². The van der Waals surface area contributed by atoms with Crippen LogP contribution in [0.4, 0.5) is 0 Å². The average molecular weight is 591 g/mol. The smallest absolute Gasteiger partial charge is 0.235 e. The number of nitrogens with zero attached hydrogens (tertiary/aromatic N) is 4. The summed E-state index contributed by atoms with van der Waals surface area (Å²) in [7, 11) is 0. The Morgan fingerprint density at radius 1 is 0.457 bits per heavy atom. The van der Waals surface area contributed by atoms with Crippen LogP contribution in [-0.4, -0.2) is 19.5 Å². The third kappa shape index (κ3) is 4.29. The van der Waals surface area contributed by atoms with Crippen molar-refractivity contribution in [1.82, 2.24) is 19.5 Å². The molecule has 0 fully saturated rings. The van der Waals surface area contributed by atoms with Gasteiger partial charge in [-0.1, -0.05) is 91.0 Å². The standard InChI is InChI=1S/C41H26N4O/c1-2-10-31-27(9-1)16-17-28-18-19-29(25-35(28)33-12-4-6-15-39(33)46-38-14-5-3-11-32(31)38)30-20-21-37-36(26-30)34-13-7-22-42-40(34)45(37)41-43-23-8-24-44-41/h1-26H/b17-16-. The molecule has 0 unspecified atom stereocenters. The molecule has 9 rings (SSSR count). The van der Waals surface area contributed by atoms with Crippen LogP contribution in [0.2, 0.25) is 0 Å². The Kier molecular flexibility index (Phi) is 6.06. The quantitative estimate of drug-likeness (QED) is 0.201. The first-order valence-electron chi connectivity index (χ1n) is 15.3. The van der Waals surface area contributed by atoms with Crippen LogP contribution in [0.25, 0.3) is 73.4 Å². The molecule has 216 valence electrons. The predicted octanol–water partition coefficient (Wildman–Crippen LogP) is 10.2. The fourth-order valence-corrected chi connectivity index (χ4v) is 6.49. The summed E-state index contributed by atoms with van der Waals surface area (Å²) in [6.07, 6.45) is 9.75. The molecule has 0 saturated carbocycles. The molecule has 5 aromatic carbocycles. The summed E-state index contributed by atoms with van der Waals surface area (Å²) in [6, 6.07) is 44.2. The van der Waals surface area contributed by atoms with Gasteiger partial charge in [0, 0.05) is 40.5 Å². The molecule has 0 N–H and O–H groups in total. The van der Waals surface area contributed by atoms with Crippen LogP contribution in [-0.2, 0) is 0 Å². The van der Waals surface area contributed by atoms with Gasteiger partial charge in [0.15, 0.2) is 0 Å². The summed E-state index contributed by atoms with van der Waals surface area (Å²) < 4.78 is 8.76. The number of ether oxygens (including phenoxy) is 1. The Morgan fingerprint density at radius 2 is 1.09 bits per heavy atom. The first-order valence-corrected chi connectivity index (χ1v) is 15.3. The van der Waals surface area contributed by atoms with Gasteiger partial charge in [0.2, 0.25) is 5.95 Å². The van der Waals surface area contributed by atoms with E-state index in [4.69, 9.17) is 9.72 Å². The zero-order chi connectivity index (χ0) is 30.5. The van der Waals surface area contributed by atoms with E-state index in [0.717, 1.165) is 77.9 Å². The highest BCUT2D eigenvalue weighted by atomic mass is 16.5. The molecule has 1 aliphatic rings. The molecule has 5 nitrogen and oxygen atoms in total. The lowest BCUT2D eigenvalue weighted by Crippen LogP contribution is -2.00. The number of hydrogen-bond donors (Lipinski definition) is 0. The molecular weight excluding hydrogens is 564 g/mol. The molecule has 0 atom stereocenters. The second-order valence-corrected chi connectivity index (χ2v) is 11.3. The monoisotopic (exact) mass is 590 g/mol. The number of pyridine rings is 1. The summed E-state index contributed by atoms with van der Waals surface area (Å²) in [5.41, 5.74) is 10.6. The summed E-state index contributed by atoms with van der Waals surface area (Å²) in [5, 5.41) is 2.16. The van der Waals surface area contributed by atoms with E-state index in [2.05, 4.69) is 119 Å². The highest BCUT2D eigenvalue weighted by molar-refractivity contribution is 6.09. The molecule has 5 heteroatoms. The van der Waals surface area contributed by atoms with Crippen molar-refractivity contribution in [3.05, 3.63) is 157 Å². The topological polar surface area (TPSA) is 52.8 Å². The molecule has 46 heavy (non-hydrogen) atoms. The summed E-state index contributed by atoms with van der Waals surface area (Å²) in [5.74, 6) is 2.24. The minimum Gasteiger partial charge on any atom is -0.456 e. The highest BCUT2D eigenvalue weighted by Gasteiger charge is 2.18. The zero-order valence-electron chi connectivity index (χ0n) is 24.7. The van der Waals surface area contributed by atoms with Crippen molar-refractivity contribution in [1.29, 1.82) is 0 Å². The first-order chi connectivity index (χ1) is 22.8. The largest absolute Gasteiger partial charge is 0.456 e. The Balaban J connectivity index is 1.24. The number of hydrogen-bond acceptors (Lipinski definition) is 4. The Morgan fingerprint density at radius 3 is 1.89 bits per heavy atom. The highest BCUT2D eigenvalue weighted by Crippen LogP contribution is 2.43. The minimum absolute atomic E-state index is 0.601. The van der Waals surface area contributed by atoms with Crippen LogP contribution in [0.1, 0.15) is 11.1 Å². The number of para-hydroxylation sites is 2. The van der Waals surface area contributed by atoms with Crippen molar-refractivity contribution in [2.45, 2.75) is 0 Å². The van der Waals surface area contributed by atoms with Gasteiger partial charge in [0.25, 0.3) is 0 Å². The molecule has 0 spiro atoms. The van der Waals surface area contributed by atoms with Gasteiger partial charge in [-0.15, -0.1) is 0 Å². The van der Waals surface area contributed by atoms with Gasteiger partial charge in [-0.3, -0.25) is 4.57 Å². The molecule has 0 aliphatic carbocycles. The first kappa shape index (κ1) is 26.1. The van der Waals surface area contributed by atoms with Gasteiger partial charge in [0.1, 0.15) is 17.1 Å². The van der Waals surface area contributed by atoms with Gasteiger partial charge < -0.3 is 4.74 Å². The summed E-state index contributed by atoms with van der Waals surface area (Å²) in [6.45, 7) is 0. The van der Waals surface area contributed by atoms with Crippen LogP contribution < -0.4 is 4.74 Å². The van der Waals surface area contributed by atoms with Gasteiger partial charge in [-0.25, -0.2) is 15.0 Å². The summed E-state index contributed by atoms with van der Waals surface area (Å²) in [4.78, 5) is 13.8. The lowest BCUT2D eigenvalue weighted by Gasteiger charge is -2.16. The fourth-order valence-electron chi connectivity index (χ4n) is 6.49. The molecule has 0 amide bonds. The molecule has 0 radical (unpaired) electrons. The molecule has 8 aromatic rings. The average Bonchev–Trinajstić information content (AvgIpc) is 3.44. The van der Waals surface area contributed by atoms with Crippen LogP contribution in [0.3, 0.4) is 0 Å². The molecule has 3 aromatic heterocycles. The lowest BCUT2D eigenvalue weighted by atomic mass is 9.92. The van der Waals surface area contributed by atoms with Crippen LogP contribution in [0, 0.1) is 0 Å². The van der Waals surface area contributed by atoms with E-state index in [1.54, 1.807) is 12.4 Å². The van der Waals surface area contributed by atoms with E-state index in [0.29, 0.717) is 5.95 Å². The van der Waals surface area contributed by atoms with E-state index in [1.807, 2.05) is 41.1 Å². The van der Waals surface area contributed by atoms with Crippen molar-refractivity contribution in [2.75, 3.05) is 0 Å². The Labute approximate surface area is 265 Å². The van der Waals surface area contributed by atoms with Crippen molar-refractivity contribution in [3.8, 4) is 50.8 Å². The predicted molar refractivity (Wildman–Crippen MR) is 186 cm³/mol. The van der Waals surface area contributed by atoms with Crippen molar-refractivity contribution >= 4 is 34.1 Å².